The lowest BCUT2D eigenvalue weighted by atomic mass is 9.99. The van der Waals surface area contributed by atoms with E-state index in [1.54, 1.807) is 18.2 Å². The van der Waals surface area contributed by atoms with Crippen LogP contribution in [0.5, 0.6) is 0 Å². The number of benzene rings is 2. The fraction of sp³-hybridized carbons (Fsp3) is 0.280. The minimum absolute atomic E-state index is 0.276. The zero-order valence-corrected chi connectivity index (χ0v) is 19.4. The van der Waals surface area contributed by atoms with Crippen LogP contribution < -0.4 is 16.0 Å². The number of hydrogen-bond acceptors (Lipinski definition) is 5. The van der Waals surface area contributed by atoms with Gasteiger partial charge in [0.25, 0.3) is 5.91 Å². The minimum Gasteiger partial charge on any atom is -0.458 e. The lowest BCUT2D eigenvalue weighted by molar-refractivity contribution is -0.135. The molecule has 9 heteroatoms. The maximum Gasteiger partial charge on any atom is 0.325 e. The molecule has 1 unspecified atom stereocenters. The van der Waals surface area contributed by atoms with E-state index in [-0.39, 0.29) is 12.3 Å². The maximum absolute atomic E-state index is 13.1. The van der Waals surface area contributed by atoms with Crippen LogP contribution in [0.2, 0.25) is 0 Å². The summed E-state index contributed by atoms with van der Waals surface area (Å²) >= 11 is 0. The fourth-order valence-corrected chi connectivity index (χ4v) is 4.18. The van der Waals surface area contributed by atoms with Gasteiger partial charge in [0.05, 0.1) is 6.54 Å². The Morgan fingerprint density at radius 2 is 1.71 bits per heavy atom. The third kappa shape index (κ3) is 4.24. The molecule has 0 spiro atoms. The molecule has 1 aliphatic heterocycles. The van der Waals surface area contributed by atoms with E-state index in [1.807, 2.05) is 45.0 Å². The highest BCUT2D eigenvalue weighted by Crippen LogP contribution is 2.32. The SMILES string of the molecule is Cc1cc(C)c(NC(=O)CNC(=O)CN2C(=O)NC(C)(c3cc4ccccc4o3)C2=O)c(C)c1. The summed E-state index contributed by atoms with van der Waals surface area (Å²) in [5.41, 5.74) is 2.77. The fourth-order valence-electron chi connectivity index (χ4n) is 4.18. The number of amides is 5. The number of hydrogen-bond donors (Lipinski definition) is 3. The van der Waals surface area contributed by atoms with E-state index in [1.165, 1.54) is 6.92 Å². The first-order valence-electron chi connectivity index (χ1n) is 10.9. The second kappa shape index (κ2) is 8.66. The van der Waals surface area contributed by atoms with E-state index in [2.05, 4.69) is 16.0 Å². The van der Waals surface area contributed by atoms with Crippen LogP contribution in [0.3, 0.4) is 0 Å². The highest BCUT2D eigenvalue weighted by atomic mass is 16.3. The number of imide groups is 1. The van der Waals surface area contributed by atoms with Gasteiger partial charge < -0.3 is 20.4 Å². The molecule has 176 valence electrons. The van der Waals surface area contributed by atoms with Crippen LogP contribution in [0.1, 0.15) is 29.4 Å². The van der Waals surface area contributed by atoms with Crippen molar-refractivity contribution >= 4 is 40.4 Å². The molecule has 1 fully saturated rings. The summed E-state index contributed by atoms with van der Waals surface area (Å²) < 4.78 is 5.77. The number of furan rings is 1. The first-order chi connectivity index (χ1) is 16.1. The molecule has 0 saturated carbocycles. The Kier molecular flexibility index (Phi) is 5.87. The molecule has 0 radical (unpaired) electrons. The Morgan fingerprint density at radius 1 is 1.03 bits per heavy atom. The van der Waals surface area contributed by atoms with Crippen molar-refractivity contribution in [1.29, 1.82) is 0 Å². The average Bonchev–Trinajstić information content (AvgIpc) is 3.31. The predicted octanol–water partition coefficient (Wildman–Crippen LogP) is 2.88. The summed E-state index contributed by atoms with van der Waals surface area (Å²) in [7, 11) is 0. The Bertz CT molecular complexity index is 1270. The quantitative estimate of drug-likeness (QED) is 0.487. The van der Waals surface area contributed by atoms with Crippen molar-refractivity contribution in [2.45, 2.75) is 33.2 Å². The van der Waals surface area contributed by atoms with Crippen molar-refractivity contribution in [3.63, 3.8) is 0 Å². The van der Waals surface area contributed by atoms with Crippen molar-refractivity contribution in [3.8, 4) is 0 Å². The molecule has 1 atom stereocenters. The molecule has 3 aromatic rings. The maximum atomic E-state index is 13.1. The molecule has 1 aromatic heterocycles. The van der Waals surface area contributed by atoms with Gasteiger partial charge in [0.15, 0.2) is 5.54 Å². The minimum atomic E-state index is -1.44. The molecule has 2 aromatic carbocycles. The monoisotopic (exact) mass is 462 g/mol. The normalized spacial score (nSPS) is 17.7. The molecule has 0 aliphatic carbocycles. The number of urea groups is 1. The van der Waals surface area contributed by atoms with Gasteiger partial charge in [-0.25, -0.2) is 4.79 Å². The standard InChI is InChI=1S/C25H26N4O5/c1-14-9-15(2)22(16(3)10-14)27-20(30)12-26-21(31)13-29-23(32)25(4,28-24(29)33)19-11-17-7-5-6-8-18(17)34-19/h5-11H,12-13H2,1-4H3,(H,26,31)(H,27,30)(H,28,33). The van der Waals surface area contributed by atoms with Gasteiger partial charge in [-0.2, -0.15) is 0 Å². The number of nitrogens with one attached hydrogen (secondary N) is 3. The van der Waals surface area contributed by atoms with Crippen LogP contribution in [0.25, 0.3) is 11.0 Å². The Labute approximate surface area is 196 Å². The second-order valence-electron chi connectivity index (χ2n) is 8.69. The lowest BCUT2D eigenvalue weighted by Crippen LogP contribution is -2.44. The van der Waals surface area contributed by atoms with Gasteiger partial charge in [0.2, 0.25) is 11.8 Å². The molecule has 5 amide bonds. The summed E-state index contributed by atoms with van der Waals surface area (Å²) in [6.07, 6.45) is 0. The van der Waals surface area contributed by atoms with Crippen molar-refractivity contribution in [2.75, 3.05) is 18.4 Å². The topological polar surface area (TPSA) is 121 Å². The number of rotatable bonds is 6. The average molecular weight is 463 g/mol. The Morgan fingerprint density at radius 3 is 2.38 bits per heavy atom. The zero-order chi connectivity index (χ0) is 24.6. The first kappa shape index (κ1) is 23.0. The number of aryl methyl sites for hydroxylation is 3. The predicted molar refractivity (Wildman–Crippen MR) is 126 cm³/mol. The van der Waals surface area contributed by atoms with Crippen LogP contribution in [-0.2, 0) is 19.9 Å². The number of anilines is 1. The van der Waals surface area contributed by atoms with E-state index < -0.39 is 35.8 Å². The van der Waals surface area contributed by atoms with E-state index >= 15 is 0 Å². The molecule has 0 bridgehead atoms. The van der Waals surface area contributed by atoms with Gasteiger partial charge in [-0.1, -0.05) is 35.9 Å². The number of carbonyl (C=O) groups excluding carboxylic acids is 4. The van der Waals surface area contributed by atoms with Gasteiger partial charge in [-0.3, -0.25) is 19.3 Å². The van der Waals surface area contributed by atoms with Crippen LogP contribution in [0, 0.1) is 20.8 Å². The van der Waals surface area contributed by atoms with E-state index in [4.69, 9.17) is 4.42 Å². The molecule has 4 rings (SSSR count). The first-order valence-corrected chi connectivity index (χ1v) is 10.9. The number of carbonyl (C=O) groups is 4. The van der Waals surface area contributed by atoms with Gasteiger partial charge >= 0.3 is 6.03 Å². The smallest absolute Gasteiger partial charge is 0.325 e. The van der Waals surface area contributed by atoms with E-state index in [9.17, 15) is 19.2 Å². The Hall–Kier alpha value is -4.14. The molecular weight excluding hydrogens is 436 g/mol. The van der Waals surface area contributed by atoms with E-state index in [0.29, 0.717) is 11.3 Å². The summed E-state index contributed by atoms with van der Waals surface area (Å²) in [5, 5.41) is 8.66. The van der Waals surface area contributed by atoms with Gasteiger partial charge in [-0.05, 0) is 51.0 Å². The third-order valence-corrected chi connectivity index (χ3v) is 5.88. The van der Waals surface area contributed by atoms with E-state index in [0.717, 1.165) is 27.0 Å². The van der Waals surface area contributed by atoms with Crippen molar-refractivity contribution in [3.05, 3.63) is 64.9 Å². The highest BCUT2D eigenvalue weighted by Gasteiger charge is 2.51. The van der Waals surface area contributed by atoms with Crippen LogP contribution in [0.4, 0.5) is 10.5 Å². The van der Waals surface area contributed by atoms with Crippen LogP contribution >= 0.6 is 0 Å². The third-order valence-electron chi connectivity index (χ3n) is 5.88. The van der Waals surface area contributed by atoms with Gasteiger partial charge in [-0.15, -0.1) is 0 Å². The number of nitrogens with zero attached hydrogens (tertiary/aromatic N) is 1. The lowest BCUT2D eigenvalue weighted by Gasteiger charge is -2.19. The zero-order valence-electron chi connectivity index (χ0n) is 19.4. The summed E-state index contributed by atoms with van der Waals surface area (Å²) in [6.45, 7) is 6.48. The molecule has 34 heavy (non-hydrogen) atoms. The molecule has 9 nitrogen and oxygen atoms in total. The summed E-state index contributed by atoms with van der Waals surface area (Å²) in [6, 6.07) is 12.1. The summed E-state index contributed by atoms with van der Waals surface area (Å²) in [4.78, 5) is 51.1. The van der Waals surface area contributed by atoms with Crippen LogP contribution in [0.15, 0.2) is 46.9 Å². The molecule has 2 heterocycles. The van der Waals surface area contributed by atoms with Crippen molar-refractivity contribution < 1.29 is 23.6 Å². The van der Waals surface area contributed by atoms with Crippen LogP contribution in [-0.4, -0.2) is 41.7 Å². The summed E-state index contributed by atoms with van der Waals surface area (Å²) in [5.74, 6) is -1.38. The molecule has 1 aliphatic rings. The molecular formula is C25H26N4O5. The van der Waals surface area contributed by atoms with Gasteiger partial charge in [0, 0.05) is 11.1 Å². The molecule has 1 saturated heterocycles. The van der Waals surface area contributed by atoms with Crippen molar-refractivity contribution in [2.24, 2.45) is 0 Å². The highest BCUT2D eigenvalue weighted by molar-refractivity contribution is 6.09. The largest absolute Gasteiger partial charge is 0.458 e. The Balaban J connectivity index is 1.38. The second-order valence-corrected chi connectivity index (χ2v) is 8.69. The van der Waals surface area contributed by atoms with Crippen molar-refractivity contribution in [1.82, 2.24) is 15.5 Å². The molecule has 3 N–H and O–H groups in total. The number of para-hydroxylation sites is 1. The van der Waals surface area contributed by atoms with Gasteiger partial charge in [0.1, 0.15) is 17.9 Å². The number of fused-ring (bicyclic) bond motifs is 1.